The van der Waals surface area contributed by atoms with Crippen molar-refractivity contribution in [3.8, 4) is 0 Å². The van der Waals surface area contributed by atoms with Gasteiger partial charge in [-0.1, -0.05) is 34.6 Å². The molecule has 0 fully saturated rings. The lowest BCUT2D eigenvalue weighted by molar-refractivity contribution is 0.0779. The lowest BCUT2D eigenvalue weighted by atomic mass is 9.94. The van der Waals surface area contributed by atoms with Gasteiger partial charge in [0.15, 0.2) is 19.1 Å². The minimum Gasteiger partial charge on any atom is -0.465 e. The van der Waals surface area contributed by atoms with Crippen LogP contribution in [0.25, 0.3) is 0 Å². The number of nitrogens with zero attached hydrogens (tertiary/aromatic N) is 2. The average molecular weight is 415 g/mol. The topological polar surface area (TPSA) is 79.7 Å². The van der Waals surface area contributed by atoms with Crippen LogP contribution in [0, 0.1) is 5.92 Å². The number of carbonyl (C=O) groups is 2. The monoisotopic (exact) mass is 414 g/mol. The standard InChI is InChI=1S/C19H34N2O4SSi/c1-9-15(21(10-2)18(23)24)13(3)16(22)17-20-14(12-26-17)11-25-27(7,8)19(4,5)6/h12-13,15H,9-11H2,1-8H3,(H,23,24)/t13-,15?/m1/s1. The molecule has 0 aromatic carbocycles. The smallest absolute Gasteiger partial charge is 0.407 e. The van der Waals surface area contributed by atoms with Gasteiger partial charge < -0.3 is 14.4 Å². The van der Waals surface area contributed by atoms with E-state index in [4.69, 9.17) is 4.43 Å². The van der Waals surface area contributed by atoms with Crippen LogP contribution in [0.1, 0.15) is 63.5 Å². The molecule has 6 nitrogen and oxygen atoms in total. The van der Waals surface area contributed by atoms with Gasteiger partial charge in [0, 0.05) is 23.9 Å². The number of carbonyl (C=O) groups excluding carboxylic acids is 1. The molecule has 1 amide bonds. The Balaban J connectivity index is 2.87. The first-order chi connectivity index (χ1) is 12.4. The van der Waals surface area contributed by atoms with E-state index in [0.29, 0.717) is 24.6 Å². The number of thiazole rings is 1. The molecule has 0 aliphatic rings. The van der Waals surface area contributed by atoms with E-state index < -0.39 is 20.3 Å². The van der Waals surface area contributed by atoms with Gasteiger partial charge in [0.1, 0.15) is 0 Å². The van der Waals surface area contributed by atoms with Crippen LogP contribution < -0.4 is 0 Å². The number of amides is 1. The van der Waals surface area contributed by atoms with Crippen LogP contribution in [0.3, 0.4) is 0 Å². The third-order valence-electron chi connectivity index (χ3n) is 5.55. The molecule has 1 rings (SSSR count). The highest BCUT2D eigenvalue weighted by Gasteiger charge is 2.37. The van der Waals surface area contributed by atoms with E-state index in [1.165, 1.54) is 16.2 Å². The summed E-state index contributed by atoms with van der Waals surface area (Å²) in [6, 6.07) is -0.351. The number of carboxylic acid groups (broad SMARTS) is 1. The Morgan fingerprint density at radius 3 is 2.37 bits per heavy atom. The fourth-order valence-electron chi connectivity index (χ4n) is 2.68. The lowest BCUT2D eigenvalue weighted by Gasteiger charge is -2.35. The summed E-state index contributed by atoms with van der Waals surface area (Å²) in [5.74, 6) is -0.545. The maximum Gasteiger partial charge on any atom is 0.407 e. The Labute approximate surface area is 168 Å². The summed E-state index contributed by atoms with van der Waals surface area (Å²) in [6.45, 7) is 17.2. The third-order valence-corrected chi connectivity index (χ3v) is 10.9. The zero-order chi connectivity index (χ0) is 21.0. The van der Waals surface area contributed by atoms with Crippen LogP contribution in [0.15, 0.2) is 5.38 Å². The molecule has 1 aromatic heterocycles. The number of hydrogen-bond donors (Lipinski definition) is 1. The van der Waals surface area contributed by atoms with E-state index >= 15 is 0 Å². The normalized spacial score (nSPS) is 14.7. The summed E-state index contributed by atoms with van der Waals surface area (Å²) in [6.07, 6.45) is -0.411. The predicted molar refractivity (Wildman–Crippen MR) is 112 cm³/mol. The maximum atomic E-state index is 12.9. The van der Waals surface area contributed by atoms with Crippen LogP contribution in [-0.4, -0.2) is 47.8 Å². The van der Waals surface area contributed by atoms with Crippen molar-refractivity contribution >= 4 is 31.5 Å². The highest BCUT2D eigenvalue weighted by molar-refractivity contribution is 7.11. The molecule has 1 unspecified atom stereocenters. The van der Waals surface area contributed by atoms with Crippen molar-refractivity contribution in [2.75, 3.05) is 6.54 Å². The second-order valence-corrected chi connectivity index (χ2v) is 14.1. The SMILES string of the molecule is CCC([C@@H](C)C(=O)c1nc(CO[Si](C)(C)C(C)(C)C)cs1)N(CC)C(=O)O. The van der Waals surface area contributed by atoms with Crippen molar-refractivity contribution in [2.45, 2.75) is 78.7 Å². The molecule has 0 saturated heterocycles. The van der Waals surface area contributed by atoms with Crippen molar-refractivity contribution < 1.29 is 19.1 Å². The van der Waals surface area contributed by atoms with Gasteiger partial charge in [0.05, 0.1) is 12.3 Å². The first-order valence-electron chi connectivity index (χ1n) is 9.47. The van der Waals surface area contributed by atoms with E-state index in [1.54, 1.807) is 13.8 Å². The van der Waals surface area contributed by atoms with Crippen molar-refractivity contribution in [1.82, 2.24) is 9.88 Å². The number of ketones is 1. The lowest BCUT2D eigenvalue weighted by Crippen LogP contribution is -2.45. The zero-order valence-corrected chi connectivity index (χ0v) is 19.6. The summed E-state index contributed by atoms with van der Waals surface area (Å²) in [5, 5.41) is 11.8. The zero-order valence-electron chi connectivity index (χ0n) is 17.8. The molecule has 1 N–H and O–H groups in total. The second kappa shape index (κ2) is 9.30. The van der Waals surface area contributed by atoms with Crippen LogP contribution in [0.5, 0.6) is 0 Å². The number of aromatic nitrogens is 1. The van der Waals surface area contributed by atoms with Gasteiger partial charge in [0.25, 0.3) is 0 Å². The fourth-order valence-corrected chi connectivity index (χ4v) is 4.46. The predicted octanol–water partition coefficient (Wildman–Crippen LogP) is 5.26. The Kier molecular flexibility index (Phi) is 8.19. The number of hydrogen-bond acceptors (Lipinski definition) is 5. The molecule has 0 aliphatic carbocycles. The molecule has 0 spiro atoms. The minimum atomic E-state index is -1.88. The van der Waals surface area contributed by atoms with E-state index in [0.717, 1.165) is 5.69 Å². The molecule has 0 saturated carbocycles. The summed E-state index contributed by atoms with van der Waals surface area (Å²) in [5.41, 5.74) is 0.763. The van der Waals surface area contributed by atoms with Crippen molar-refractivity contribution in [3.63, 3.8) is 0 Å². The molecular formula is C19H34N2O4SSi. The molecule has 8 heteroatoms. The first-order valence-corrected chi connectivity index (χ1v) is 13.3. The molecular weight excluding hydrogens is 380 g/mol. The highest BCUT2D eigenvalue weighted by Crippen LogP contribution is 2.37. The molecule has 1 heterocycles. The average Bonchev–Trinajstić information content (AvgIpc) is 3.04. The molecule has 0 radical (unpaired) electrons. The van der Waals surface area contributed by atoms with Gasteiger partial charge in [-0.2, -0.15) is 0 Å². The fraction of sp³-hybridized carbons (Fsp3) is 0.737. The van der Waals surface area contributed by atoms with Gasteiger partial charge in [-0.3, -0.25) is 4.79 Å². The Morgan fingerprint density at radius 1 is 1.33 bits per heavy atom. The molecule has 1 aromatic rings. The van der Waals surface area contributed by atoms with Crippen molar-refractivity contribution in [1.29, 1.82) is 0 Å². The minimum absolute atomic E-state index is 0.106. The summed E-state index contributed by atoms with van der Waals surface area (Å²) >= 11 is 1.31. The van der Waals surface area contributed by atoms with Crippen LogP contribution in [0.2, 0.25) is 18.1 Å². The Morgan fingerprint density at radius 2 is 1.93 bits per heavy atom. The van der Waals surface area contributed by atoms with Crippen LogP contribution in [0.4, 0.5) is 4.79 Å². The largest absolute Gasteiger partial charge is 0.465 e. The number of rotatable bonds is 9. The van der Waals surface area contributed by atoms with Gasteiger partial charge >= 0.3 is 6.09 Å². The Bertz CT molecular complexity index is 654. The van der Waals surface area contributed by atoms with Gasteiger partial charge in [-0.15, -0.1) is 11.3 Å². The van der Waals surface area contributed by atoms with Gasteiger partial charge in [-0.05, 0) is 31.5 Å². The molecule has 27 heavy (non-hydrogen) atoms. The van der Waals surface area contributed by atoms with Gasteiger partial charge in [0.2, 0.25) is 0 Å². The second-order valence-electron chi connectivity index (χ2n) is 8.39. The summed E-state index contributed by atoms with van der Waals surface area (Å²) < 4.78 is 6.18. The van der Waals surface area contributed by atoms with E-state index in [9.17, 15) is 14.7 Å². The van der Waals surface area contributed by atoms with Crippen molar-refractivity contribution in [3.05, 3.63) is 16.1 Å². The molecule has 0 bridgehead atoms. The first kappa shape index (κ1) is 23.8. The van der Waals surface area contributed by atoms with Gasteiger partial charge in [-0.25, -0.2) is 9.78 Å². The number of Topliss-reactive ketones (excluding diaryl/α,β-unsaturated/α-hetero) is 1. The van der Waals surface area contributed by atoms with E-state index in [1.807, 2.05) is 12.3 Å². The van der Waals surface area contributed by atoms with Crippen LogP contribution in [-0.2, 0) is 11.0 Å². The van der Waals surface area contributed by atoms with E-state index in [2.05, 4.69) is 38.8 Å². The molecule has 154 valence electrons. The van der Waals surface area contributed by atoms with E-state index in [-0.39, 0.29) is 16.9 Å². The summed E-state index contributed by atoms with van der Waals surface area (Å²) in [7, 11) is -1.88. The maximum absolute atomic E-state index is 12.9. The third kappa shape index (κ3) is 5.86. The Hall–Kier alpha value is -1.25. The molecule has 2 atom stereocenters. The molecule has 0 aliphatic heterocycles. The summed E-state index contributed by atoms with van der Waals surface area (Å²) in [4.78, 5) is 30.1. The quantitative estimate of drug-likeness (QED) is 0.440. The van der Waals surface area contributed by atoms with Crippen molar-refractivity contribution in [2.24, 2.45) is 5.92 Å². The highest BCUT2D eigenvalue weighted by atomic mass is 32.1. The van der Waals surface area contributed by atoms with Crippen LogP contribution >= 0.6 is 11.3 Å².